The van der Waals surface area contributed by atoms with Crippen molar-refractivity contribution in [3.8, 4) is 29.1 Å². The number of sulfonamides is 2. The number of primary amides is 1. The molecule has 6 rings (SSSR count). The molecule has 1 amide bonds. The fourth-order valence-corrected chi connectivity index (χ4v) is 7.94. The lowest BCUT2D eigenvalue weighted by Crippen LogP contribution is -2.15. The topological polar surface area (TPSA) is 229 Å². The van der Waals surface area contributed by atoms with Gasteiger partial charge in [0.2, 0.25) is 16.2 Å². The fourth-order valence-electron chi connectivity index (χ4n) is 4.47. The zero-order valence-electron chi connectivity index (χ0n) is 29.0. The van der Waals surface area contributed by atoms with Crippen LogP contribution in [0.15, 0.2) is 83.1 Å². The van der Waals surface area contributed by atoms with E-state index < -0.39 is 117 Å². The second-order valence-corrected chi connectivity index (χ2v) is 16.2. The average Bonchev–Trinajstić information content (AvgIpc) is 3.87. The van der Waals surface area contributed by atoms with Gasteiger partial charge in [-0.2, -0.15) is 40.4 Å². The van der Waals surface area contributed by atoms with Gasteiger partial charge in [-0.05, 0) is 36.4 Å². The number of nitrogens with two attached hydrogens (primary N) is 1. The molecule has 0 unspecified atom stereocenters. The maximum Gasteiger partial charge on any atom is 0.416 e. The van der Waals surface area contributed by atoms with Crippen molar-refractivity contribution >= 4 is 59.3 Å². The van der Waals surface area contributed by atoms with E-state index in [1.165, 1.54) is 6.07 Å². The van der Waals surface area contributed by atoms with Gasteiger partial charge in [-0.1, -0.05) is 7.43 Å². The third kappa shape index (κ3) is 11.8. The van der Waals surface area contributed by atoms with Gasteiger partial charge in [0.1, 0.15) is 45.6 Å². The van der Waals surface area contributed by atoms with Crippen LogP contribution in [0.1, 0.15) is 34.5 Å². The molecule has 0 aliphatic heterocycles. The minimum absolute atomic E-state index is 0. The van der Waals surface area contributed by atoms with Gasteiger partial charge in [0.25, 0.3) is 20.0 Å². The molecular weight excluding hydrogens is 939 g/mol. The number of anilines is 2. The molecule has 0 atom stereocenters. The number of nitrogens with one attached hydrogen (secondary N) is 2. The first-order chi connectivity index (χ1) is 28.4. The Labute approximate surface area is 349 Å². The van der Waals surface area contributed by atoms with E-state index in [0.29, 0.717) is 65.5 Å². The molecule has 4 aromatic carbocycles. The summed E-state index contributed by atoms with van der Waals surface area (Å²) in [7, 11) is -9.16. The molecule has 0 spiro atoms. The van der Waals surface area contributed by atoms with E-state index in [0.717, 1.165) is 24.8 Å². The van der Waals surface area contributed by atoms with Crippen LogP contribution in [0.4, 0.5) is 54.2 Å². The minimum Gasteiger partial charge on any atom is -0.454 e. The van der Waals surface area contributed by atoms with Gasteiger partial charge in [0.15, 0.2) is 23.1 Å². The molecule has 29 heteroatoms. The van der Waals surface area contributed by atoms with E-state index in [2.05, 4.69) is 18.7 Å². The van der Waals surface area contributed by atoms with Crippen LogP contribution in [0.3, 0.4) is 0 Å². The van der Waals surface area contributed by atoms with Crippen molar-refractivity contribution in [1.82, 2.24) is 18.7 Å². The highest BCUT2D eigenvalue weighted by atomic mass is 32.2. The maximum atomic E-state index is 14.4. The van der Waals surface area contributed by atoms with Crippen LogP contribution in [0.2, 0.25) is 0 Å². The number of hydrogen-bond acceptors (Lipinski definition) is 14. The molecule has 0 aliphatic carbocycles. The highest BCUT2D eigenvalue weighted by Crippen LogP contribution is 2.37. The largest absolute Gasteiger partial charge is 0.454 e. The number of carbonyl (C=O) groups excluding carboxylic acids is 1. The summed E-state index contributed by atoms with van der Waals surface area (Å²) >= 11 is 1.30. The molecule has 0 aliphatic rings. The Morgan fingerprint density at radius 3 is 1.44 bits per heavy atom. The highest BCUT2D eigenvalue weighted by molar-refractivity contribution is 7.93. The molecule has 0 radical (unpaired) electrons. The summed E-state index contributed by atoms with van der Waals surface area (Å²) in [6.45, 7) is 0. The highest BCUT2D eigenvalue weighted by Gasteiger charge is 2.33. The molecule has 328 valence electrons. The molecule has 0 saturated heterocycles. The Morgan fingerprint density at radius 1 is 0.645 bits per heavy atom. The lowest BCUT2D eigenvalue weighted by molar-refractivity contribution is -0.138. The molecule has 2 heterocycles. The van der Waals surface area contributed by atoms with Crippen LogP contribution in [0.5, 0.6) is 23.0 Å². The number of carbonyl (C=O) groups is 1. The third-order valence-corrected chi connectivity index (χ3v) is 11.2. The Hall–Kier alpha value is -6.64. The van der Waals surface area contributed by atoms with Crippen molar-refractivity contribution in [3.05, 3.63) is 119 Å². The van der Waals surface area contributed by atoms with E-state index >= 15 is 0 Å². The Balaban J connectivity index is 0.000000268. The number of halogens is 10. The normalized spacial score (nSPS) is 11.6. The minimum atomic E-state index is -4.89. The van der Waals surface area contributed by atoms with Gasteiger partial charge >= 0.3 is 12.4 Å². The van der Waals surface area contributed by atoms with Crippen LogP contribution < -0.4 is 24.7 Å². The van der Waals surface area contributed by atoms with Gasteiger partial charge in [-0.3, -0.25) is 14.2 Å². The predicted octanol–water partition coefficient (Wildman–Crippen LogP) is 8.46. The van der Waals surface area contributed by atoms with Gasteiger partial charge < -0.3 is 15.2 Å². The number of nitriles is 1. The Morgan fingerprint density at radius 2 is 1.06 bits per heavy atom. The fraction of sp³-hybridized carbons (Fsp3) is 0.0909. The van der Waals surface area contributed by atoms with Crippen LogP contribution in [-0.4, -0.2) is 41.5 Å². The second-order valence-electron chi connectivity index (χ2n) is 11.3. The lowest BCUT2D eigenvalue weighted by atomic mass is 10.1. The summed E-state index contributed by atoms with van der Waals surface area (Å²) in [5.74, 6) is -9.97. The van der Waals surface area contributed by atoms with E-state index in [9.17, 15) is 65.5 Å². The molecule has 2 aromatic heterocycles. The van der Waals surface area contributed by atoms with Crippen molar-refractivity contribution in [2.24, 2.45) is 5.73 Å². The number of alkyl halides is 6. The van der Waals surface area contributed by atoms with Crippen LogP contribution >= 0.6 is 23.1 Å². The molecule has 0 saturated carbocycles. The van der Waals surface area contributed by atoms with Crippen LogP contribution in [0.25, 0.3) is 0 Å². The number of nitrogens with zero attached hydrogens (tertiary/aromatic N) is 5. The quantitative estimate of drug-likeness (QED) is 0.104. The number of ether oxygens (including phenoxy) is 2. The monoisotopic (exact) mass is 958 g/mol. The molecule has 15 nitrogen and oxygen atoms in total. The second kappa shape index (κ2) is 18.5. The summed E-state index contributed by atoms with van der Waals surface area (Å²) in [5.41, 5.74) is 1.41. The van der Waals surface area contributed by atoms with Crippen molar-refractivity contribution in [1.29, 1.82) is 5.26 Å². The van der Waals surface area contributed by atoms with E-state index in [-0.39, 0.29) is 23.8 Å². The Kier molecular flexibility index (Phi) is 14.4. The molecule has 0 bridgehead atoms. The molecular formula is C33H20F10N8O7S4. The average molecular weight is 959 g/mol. The number of aromatic nitrogens is 4. The first kappa shape index (κ1) is 48.0. The van der Waals surface area contributed by atoms with Crippen molar-refractivity contribution in [3.63, 3.8) is 0 Å². The number of benzene rings is 4. The van der Waals surface area contributed by atoms with Crippen LogP contribution in [-0.2, 0) is 32.4 Å². The van der Waals surface area contributed by atoms with Gasteiger partial charge in [-0.15, -0.1) is 0 Å². The molecule has 62 heavy (non-hydrogen) atoms. The molecule has 4 N–H and O–H groups in total. The first-order valence-corrected chi connectivity index (χ1v) is 19.9. The smallest absolute Gasteiger partial charge is 0.416 e. The van der Waals surface area contributed by atoms with Crippen molar-refractivity contribution < 1.29 is 75.0 Å². The summed E-state index contributed by atoms with van der Waals surface area (Å²) in [5, 5.41) is 8.46. The first-order valence-electron chi connectivity index (χ1n) is 15.4. The number of hydrogen-bond donors (Lipinski definition) is 3. The molecule has 0 fully saturated rings. The van der Waals surface area contributed by atoms with E-state index in [1.807, 2.05) is 9.44 Å². The summed E-state index contributed by atoms with van der Waals surface area (Å²) in [4.78, 5) is 16.2. The van der Waals surface area contributed by atoms with Gasteiger partial charge in [0, 0.05) is 52.9 Å². The summed E-state index contributed by atoms with van der Waals surface area (Å²) < 4.78 is 205. The zero-order chi connectivity index (χ0) is 45.1. The van der Waals surface area contributed by atoms with E-state index in [1.54, 1.807) is 0 Å². The Bertz CT molecular complexity index is 2880. The van der Waals surface area contributed by atoms with Crippen LogP contribution in [0, 0.1) is 34.6 Å². The van der Waals surface area contributed by atoms with Gasteiger partial charge in [-0.25, -0.2) is 44.4 Å². The SMILES string of the molecule is C.N#Cc1cc(Oc2cc(F)c(S(=O)(=O)Nc3ncns3)cc2F)cc(C(F)(F)F)c1.NC(=O)c1cc(Oc2cc(F)c(S(=O)(=O)Nc3ncns3)cc2F)cc(C(F)(F)F)c1. The van der Waals surface area contributed by atoms with Crippen molar-refractivity contribution in [2.45, 2.75) is 29.6 Å². The predicted molar refractivity (Wildman–Crippen MR) is 197 cm³/mol. The van der Waals surface area contributed by atoms with Gasteiger partial charge in [0.05, 0.1) is 22.8 Å². The zero-order valence-corrected chi connectivity index (χ0v) is 32.3. The number of rotatable bonds is 11. The summed E-state index contributed by atoms with van der Waals surface area (Å²) in [6.07, 6.45) is -7.63. The third-order valence-electron chi connectivity index (χ3n) is 7.05. The number of amides is 1. The van der Waals surface area contributed by atoms with Crippen molar-refractivity contribution in [2.75, 3.05) is 9.44 Å². The summed E-state index contributed by atoms with van der Waals surface area (Å²) in [6, 6.07) is 6.36. The molecule has 6 aromatic rings. The van der Waals surface area contributed by atoms with E-state index in [4.69, 9.17) is 20.5 Å². The standard InChI is InChI=1S/C16H9F5N4O4S2.C16H7F5N4O3S2.CH4/c17-10-5-13(31(27,28)25-15-23-6-24-30-15)11(18)4-12(10)29-9-2-7(14(22)26)1-8(3-9)16(19,20)21;17-11-5-14(30(26,27)25-15-23-7-24-29-15)12(18)4-13(11)28-10-2-8(6-22)1-9(3-10)16(19,20)21;/h1-6H,(H2,22,26)(H,23,24,25);1-5,7H,(H,23,24,25);1H4. The maximum absolute atomic E-state index is 14.4. The lowest BCUT2D eigenvalue weighted by Gasteiger charge is -2.13.